The highest BCUT2D eigenvalue weighted by Gasteiger charge is 2.65. The van der Waals surface area contributed by atoms with Crippen LogP contribution in [0.5, 0.6) is 0 Å². The molecule has 1 unspecified atom stereocenters. The molecule has 1 heterocycles. The van der Waals surface area contributed by atoms with Gasteiger partial charge in [0.05, 0.1) is 28.4 Å². The Morgan fingerprint density at radius 1 is 1.23 bits per heavy atom. The van der Waals surface area contributed by atoms with Gasteiger partial charge in [-0.3, -0.25) is 14.5 Å². The van der Waals surface area contributed by atoms with Crippen molar-refractivity contribution in [2.24, 2.45) is 0 Å². The lowest BCUT2D eigenvalue weighted by Crippen LogP contribution is -2.63. The van der Waals surface area contributed by atoms with E-state index in [-0.39, 0.29) is 18.0 Å². The number of carbonyl (C=O) groups is 3. The minimum absolute atomic E-state index is 0.142. The number of rotatable bonds is 6. The smallest absolute Gasteiger partial charge is 0.359 e. The van der Waals surface area contributed by atoms with Crippen LogP contribution in [0.15, 0.2) is 42.5 Å². The zero-order chi connectivity index (χ0) is 25.4. The second kappa shape index (κ2) is 8.87. The first-order chi connectivity index (χ1) is 16.6. The number of nitrogens with zero attached hydrogens (tertiary/aromatic N) is 3. The Bertz CT molecular complexity index is 1160. The highest BCUT2D eigenvalue weighted by atomic mass is 19.4. The number of nitrogens with one attached hydrogen (secondary N) is 1. The lowest BCUT2D eigenvalue weighted by atomic mass is 9.71. The molecule has 7 nitrogen and oxygen atoms in total. The summed E-state index contributed by atoms with van der Waals surface area (Å²) < 4.78 is 40.8. The predicted molar refractivity (Wildman–Crippen MR) is 121 cm³/mol. The van der Waals surface area contributed by atoms with Gasteiger partial charge in [-0.1, -0.05) is 24.3 Å². The Labute approximate surface area is 200 Å². The van der Waals surface area contributed by atoms with Crippen LogP contribution in [0.25, 0.3) is 0 Å². The second-order valence-corrected chi connectivity index (χ2v) is 9.10. The summed E-state index contributed by atoms with van der Waals surface area (Å²) >= 11 is 0. The van der Waals surface area contributed by atoms with Gasteiger partial charge in [-0.25, -0.2) is 9.69 Å². The number of urea groups is 1. The van der Waals surface area contributed by atoms with Crippen LogP contribution in [0.2, 0.25) is 0 Å². The van der Waals surface area contributed by atoms with Crippen molar-refractivity contribution in [1.29, 1.82) is 5.26 Å². The Kier molecular flexibility index (Phi) is 6.21. The van der Waals surface area contributed by atoms with E-state index in [4.69, 9.17) is 5.26 Å². The fourth-order valence-corrected chi connectivity index (χ4v) is 5.27. The SMILES string of the molecule is CNC(=O)CCCC1(N2C(=O)N(c3ccc(C#N)c(C(F)(F)F)c3)C(=O)C23CCC3)C=CC=CC1. The van der Waals surface area contributed by atoms with Gasteiger partial charge in [0.15, 0.2) is 0 Å². The van der Waals surface area contributed by atoms with Gasteiger partial charge < -0.3 is 5.32 Å². The van der Waals surface area contributed by atoms with Crippen LogP contribution < -0.4 is 10.2 Å². The van der Waals surface area contributed by atoms with E-state index in [1.54, 1.807) is 11.0 Å². The van der Waals surface area contributed by atoms with E-state index < -0.39 is 40.3 Å². The summed E-state index contributed by atoms with van der Waals surface area (Å²) in [5.41, 5.74) is -4.02. The molecule has 0 radical (unpaired) electrons. The molecule has 10 heteroatoms. The number of amides is 4. The quantitative estimate of drug-likeness (QED) is 0.602. The van der Waals surface area contributed by atoms with Gasteiger partial charge >= 0.3 is 12.2 Å². The molecule has 184 valence electrons. The van der Waals surface area contributed by atoms with Gasteiger partial charge in [0.2, 0.25) is 5.91 Å². The van der Waals surface area contributed by atoms with Crippen LogP contribution in [-0.4, -0.2) is 40.9 Å². The zero-order valence-electron chi connectivity index (χ0n) is 19.2. The van der Waals surface area contributed by atoms with Crippen molar-refractivity contribution in [2.75, 3.05) is 11.9 Å². The Balaban J connectivity index is 1.76. The molecular formula is C25H25F3N4O3. The molecule has 4 amide bonds. The monoisotopic (exact) mass is 486 g/mol. The average molecular weight is 486 g/mol. The molecule has 2 fully saturated rings. The highest BCUT2D eigenvalue weighted by molar-refractivity contribution is 6.24. The number of nitriles is 1. The summed E-state index contributed by atoms with van der Waals surface area (Å²) in [6.07, 6.45) is 5.60. The van der Waals surface area contributed by atoms with E-state index in [1.165, 1.54) is 19.2 Å². The lowest BCUT2D eigenvalue weighted by molar-refractivity contribution is -0.138. The first-order valence-corrected chi connectivity index (χ1v) is 11.4. The molecule has 3 aliphatic rings. The Morgan fingerprint density at radius 3 is 2.51 bits per heavy atom. The number of carbonyl (C=O) groups excluding carboxylic acids is 3. The molecule has 1 saturated carbocycles. The first-order valence-electron chi connectivity index (χ1n) is 11.4. The fourth-order valence-electron chi connectivity index (χ4n) is 5.27. The van der Waals surface area contributed by atoms with Crippen molar-refractivity contribution in [3.8, 4) is 6.07 Å². The Morgan fingerprint density at radius 2 is 1.97 bits per heavy atom. The third kappa shape index (κ3) is 3.99. The van der Waals surface area contributed by atoms with E-state index >= 15 is 0 Å². The standard InChI is InChI=1S/C25H25F3N4O3/c1-30-20(33)7-5-12-23(10-3-2-4-11-23)32-22(35)31(21(34)24(32)13-6-14-24)18-9-8-17(16-29)19(15-18)25(26,27)28/h2-4,8-10,15H,5-7,11-14H2,1H3,(H,30,33). The maximum absolute atomic E-state index is 13.8. The molecule has 4 rings (SSSR count). The van der Waals surface area contributed by atoms with Crippen LogP contribution >= 0.6 is 0 Å². The predicted octanol–water partition coefficient (Wildman–Crippen LogP) is 4.44. The van der Waals surface area contributed by atoms with Gasteiger partial charge in [0.1, 0.15) is 5.54 Å². The minimum Gasteiger partial charge on any atom is -0.359 e. The van der Waals surface area contributed by atoms with Gasteiger partial charge in [-0.2, -0.15) is 18.4 Å². The number of alkyl halides is 3. The third-order valence-electron chi connectivity index (χ3n) is 7.14. The molecular weight excluding hydrogens is 461 g/mol. The number of allylic oxidation sites excluding steroid dienone is 2. The maximum Gasteiger partial charge on any atom is 0.417 e. The number of imide groups is 1. The molecule has 1 saturated heterocycles. The van der Waals surface area contributed by atoms with Crippen molar-refractivity contribution in [3.63, 3.8) is 0 Å². The first kappa shape index (κ1) is 24.5. The highest BCUT2D eigenvalue weighted by Crippen LogP contribution is 2.51. The van der Waals surface area contributed by atoms with Gasteiger partial charge in [0.25, 0.3) is 5.91 Å². The van der Waals surface area contributed by atoms with E-state index in [1.807, 2.05) is 18.2 Å². The van der Waals surface area contributed by atoms with Crippen LogP contribution in [0.4, 0.5) is 23.7 Å². The molecule has 0 bridgehead atoms. The average Bonchev–Trinajstić information content (AvgIpc) is 3.05. The van der Waals surface area contributed by atoms with Crippen molar-refractivity contribution < 1.29 is 27.6 Å². The van der Waals surface area contributed by atoms with Gasteiger partial charge in [-0.05, 0) is 56.7 Å². The van der Waals surface area contributed by atoms with Gasteiger partial charge in [-0.15, -0.1) is 0 Å². The lowest BCUT2D eigenvalue weighted by Gasteiger charge is -2.51. The molecule has 1 aromatic carbocycles. The normalized spacial score (nSPS) is 22.9. The summed E-state index contributed by atoms with van der Waals surface area (Å²) in [7, 11) is 1.54. The molecule has 2 aliphatic carbocycles. The van der Waals surface area contributed by atoms with E-state index in [0.717, 1.165) is 11.0 Å². The molecule has 0 aromatic heterocycles. The van der Waals surface area contributed by atoms with Crippen LogP contribution in [-0.2, 0) is 15.8 Å². The number of anilines is 1. The van der Waals surface area contributed by atoms with Crippen LogP contribution in [0.1, 0.15) is 56.1 Å². The van der Waals surface area contributed by atoms with Crippen molar-refractivity contribution in [3.05, 3.63) is 53.6 Å². The molecule has 1 atom stereocenters. The molecule has 1 aromatic rings. The maximum atomic E-state index is 13.8. The fraction of sp³-hybridized carbons (Fsp3) is 0.440. The topological polar surface area (TPSA) is 93.5 Å². The number of benzene rings is 1. The summed E-state index contributed by atoms with van der Waals surface area (Å²) in [6, 6.07) is 3.71. The van der Waals surface area contributed by atoms with Crippen molar-refractivity contribution in [2.45, 2.75) is 62.2 Å². The molecule has 1 spiro atoms. The molecule has 1 aliphatic heterocycles. The molecule has 35 heavy (non-hydrogen) atoms. The summed E-state index contributed by atoms with van der Waals surface area (Å²) in [5.74, 6) is -0.697. The van der Waals surface area contributed by atoms with Crippen molar-refractivity contribution >= 4 is 23.5 Å². The van der Waals surface area contributed by atoms with Crippen LogP contribution in [0, 0.1) is 11.3 Å². The van der Waals surface area contributed by atoms with E-state index in [0.29, 0.717) is 44.6 Å². The number of hydrogen-bond acceptors (Lipinski definition) is 4. The minimum atomic E-state index is -4.82. The number of halogens is 3. The van der Waals surface area contributed by atoms with Gasteiger partial charge in [0, 0.05) is 13.5 Å². The Hall–Kier alpha value is -3.61. The third-order valence-corrected chi connectivity index (χ3v) is 7.14. The number of hydrogen-bond donors (Lipinski definition) is 1. The summed E-state index contributed by atoms with van der Waals surface area (Å²) in [4.78, 5) is 41.7. The van der Waals surface area contributed by atoms with Crippen molar-refractivity contribution in [1.82, 2.24) is 10.2 Å². The van der Waals surface area contributed by atoms with E-state index in [2.05, 4.69) is 5.32 Å². The van der Waals surface area contributed by atoms with E-state index in [9.17, 15) is 27.6 Å². The summed E-state index contributed by atoms with van der Waals surface area (Å²) in [6.45, 7) is 0. The van der Waals surface area contributed by atoms with Crippen LogP contribution in [0.3, 0.4) is 0 Å². The summed E-state index contributed by atoms with van der Waals surface area (Å²) in [5, 5.41) is 11.7. The largest absolute Gasteiger partial charge is 0.417 e. The zero-order valence-corrected chi connectivity index (χ0v) is 19.2. The molecule has 1 N–H and O–H groups in total. The second-order valence-electron chi connectivity index (χ2n) is 9.10.